The molecule has 0 aromatic heterocycles. The average Bonchev–Trinajstić information content (AvgIpc) is 2.16. The van der Waals surface area contributed by atoms with Crippen molar-refractivity contribution in [3.05, 3.63) is 23.8 Å². The van der Waals surface area contributed by atoms with Gasteiger partial charge < -0.3 is 5.73 Å². The van der Waals surface area contributed by atoms with Crippen LogP contribution in [-0.2, 0) is 0 Å². The third-order valence-corrected chi connectivity index (χ3v) is 3.08. The Balaban J connectivity index is 2.89. The van der Waals surface area contributed by atoms with E-state index in [4.69, 9.17) is 5.73 Å². The Morgan fingerprint density at radius 1 is 1.50 bits per heavy atom. The molecule has 0 atom stereocenters. The van der Waals surface area contributed by atoms with Crippen molar-refractivity contribution in [2.45, 2.75) is 25.2 Å². The predicted octanol–water partition coefficient (Wildman–Crippen LogP) is 2.97. The molecule has 0 spiro atoms. The van der Waals surface area contributed by atoms with Crippen molar-refractivity contribution in [3.8, 4) is 0 Å². The van der Waals surface area contributed by atoms with Crippen LogP contribution >= 0.6 is 11.8 Å². The number of carbonyl (C=O) groups is 1. The van der Waals surface area contributed by atoms with E-state index in [-0.39, 0.29) is 5.78 Å². The normalized spacial score (nSPS) is 10.1. The maximum Gasteiger partial charge on any atom is 0.161 e. The predicted molar refractivity (Wildman–Crippen MR) is 61.9 cm³/mol. The summed E-state index contributed by atoms with van der Waals surface area (Å²) >= 11 is 1.75. The maximum absolute atomic E-state index is 11.2. The van der Waals surface area contributed by atoms with Crippen LogP contribution in [0.1, 0.15) is 30.6 Å². The molecule has 0 amide bonds. The zero-order valence-electron chi connectivity index (χ0n) is 8.54. The van der Waals surface area contributed by atoms with Crippen LogP contribution in [0.3, 0.4) is 0 Å². The molecule has 1 rings (SSSR count). The van der Waals surface area contributed by atoms with Crippen LogP contribution in [0.4, 0.5) is 5.69 Å². The summed E-state index contributed by atoms with van der Waals surface area (Å²) in [6, 6.07) is 5.63. The lowest BCUT2D eigenvalue weighted by molar-refractivity contribution is 0.101. The number of anilines is 1. The van der Waals surface area contributed by atoms with Gasteiger partial charge in [-0.25, -0.2) is 0 Å². The molecule has 14 heavy (non-hydrogen) atoms. The van der Waals surface area contributed by atoms with E-state index in [1.807, 2.05) is 12.1 Å². The first-order chi connectivity index (χ1) is 6.65. The van der Waals surface area contributed by atoms with Crippen LogP contribution in [-0.4, -0.2) is 11.5 Å². The Kier molecular flexibility index (Phi) is 4.01. The van der Waals surface area contributed by atoms with Crippen molar-refractivity contribution < 1.29 is 4.79 Å². The Bertz CT molecular complexity index is 336. The second kappa shape index (κ2) is 5.05. The number of Topliss-reactive ketones (excluding diaryl/α,β-unsaturated/α-hetero) is 1. The molecule has 0 aliphatic carbocycles. The van der Waals surface area contributed by atoms with Crippen molar-refractivity contribution in [1.82, 2.24) is 0 Å². The number of benzene rings is 1. The molecule has 0 bridgehead atoms. The van der Waals surface area contributed by atoms with E-state index in [0.29, 0.717) is 11.3 Å². The van der Waals surface area contributed by atoms with Crippen LogP contribution in [0.2, 0.25) is 0 Å². The number of hydrogen-bond acceptors (Lipinski definition) is 3. The highest BCUT2D eigenvalue weighted by atomic mass is 32.2. The van der Waals surface area contributed by atoms with Gasteiger partial charge in [0.2, 0.25) is 0 Å². The third kappa shape index (κ3) is 2.77. The van der Waals surface area contributed by atoms with Crippen LogP contribution in [0.25, 0.3) is 0 Å². The van der Waals surface area contributed by atoms with Crippen LogP contribution in [0, 0.1) is 0 Å². The number of thioether (sulfide) groups is 1. The highest BCUT2D eigenvalue weighted by molar-refractivity contribution is 7.99. The minimum atomic E-state index is 0.0291. The molecule has 0 heterocycles. The first-order valence-electron chi connectivity index (χ1n) is 4.68. The largest absolute Gasteiger partial charge is 0.398 e. The summed E-state index contributed by atoms with van der Waals surface area (Å²) in [6.07, 6.45) is 1.13. The van der Waals surface area contributed by atoms with Crippen molar-refractivity contribution in [2.75, 3.05) is 11.5 Å². The number of rotatable bonds is 4. The van der Waals surface area contributed by atoms with E-state index in [2.05, 4.69) is 6.92 Å². The van der Waals surface area contributed by atoms with Crippen molar-refractivity contribution in [2.24, 2.45) is 0 Å². The van der Waals surface area contributed by atoms with Crippen LogP contribution in [0.5, 0.6) is 0 Å². The van der Waals surface area contributed by atoms with E-state index in [0.717, 1.165) is 17.1 Å². The highest BCUT2D eigenvalue weighted by Crippen LogP contribution is 2.23. The standard InChI is InChI=1S/C11H15NOS/c1-3-6-14-9-4-5-11(12)10(7-9)8(2)13/h4-5,7H,3,6,12H2,1-2H3. The Morgan fingerprint density at radius 3 is 2.79 bits per heavy atom. The van der Waals surface area contributed by atoms with Gasteiger partial charge in [-0.15, -0.1) is 11.8 Å². The van der Waals surface area contributed by atoms with Gasteiger partial charge in [0.15, 0.2) is 5.78 Å². The molecule has 0 aliphatic rings. The van der Waals surface area contributed by atoms with E-state index in [9.17, 15) is 4.79 Å². The molecule has 0 fully saturated rings. The molecule has 76 valence electrons. The molecular weight excluding hydrogens is 194 g/mol. The van der Waals surface area contributed by atoms with Crippen molar-refractivity contribution in [3.63, 3.8) is 0 Å². The number of hydrogen-bond donors (Lipinski definition) is 1. The molecular formula is C11H15NOS. The first kappa shape index (κ1) is 11.1. The molecule has 0 saturated carbocycles. The molecule has 0 unspecified atom stereocenters. The second-order valence-corrected chi connectivity index (χ2v) is 4.32. The zero-order valence-corrected chi connectivity index (χ0v) is 9.36. The maximum atomic E-state index is 11.2. The smallest absolute Gasteiger partial charge is 0.161 e. The SMILES string of the molecule is CCCSc1ccc(N)c(C(C)=O)c1. The third-order valence-electron chi connectivity index (χ3n) is 1.88. The van der Waals surface area contributed by atoms with Gasteiger partial charge in [-0.3, -0.25) is 4.79 Å². The fraction of sp³-hybridized carbons (Fsp3) is 0.364. The van der Waals surface area contributed by atoms with Gasteiger partial charge in [-0.05, 0) is 37.3 Å². The molecule has 1 aromatic carbocycles. The summed E-state index contributed by atoms with van der Waals surface area (Å²) in [7, 11) is 0. The average molecular weight is 209 g/mol. The molecule has 2 nitrogen and oxygen atoms in total. The summed E-state index contributed by atoms with van der Waals surface area (Å²) in [4.78, 5) is 12.3. The summed E-state index contributed by atoms with van der Waals surface area (Å²) in [5, 5.41) is 0. The van der Waals surface area contributed by atoms with Gasteiger partial charge >= 0.3 is 0 Å². The van der Waals surface area contributed by atoms with Gasteiger partial charge in [0.1, 0.15) is 0 Å². The Labute approximate surface area is 88.9 Å². The second-order valence-electron chi connectivity index (χ2n) is 3.15. The molecule has 0 aliphatic heterocycles. The summed E-state index contributed by atoms with van der Waals surface area (Å²) in [5.41, 5.74) is 6.89. The Morgan fingerprint density at radius 2 is 2.21 bits per heavy atom. The quantitative estimate of drug-likeness (QED) is 0.471. The van der Waals surface area contributed by atoms with Crippen molar-refractivity contribution in [1.29, 1.82) is 0 Å². The fourth-order valence-corrected chi connectivity index (χ4v) is 1.96. The van der Waals surface area contributed by atoms with Crippen LogP contribution in [0.15, 0.2) is 23.1 Å². The number of ketones is 1. The first-order valence-corrected chi connectivity index (χ1v) is 5.67. The Hall–Kier alpha value is -0.960. The molecule has 0 radical (unpaired) electrons. The topological polar surface area (TPSA) is 43.1 Å². The van der Waals surface area contributed by atoms with E-state index >= 15 is 0 Å². The van der Waals surface area contributed by atoms with Gasteiger partial charge in [-0.1, -0.05) is 6.92 Å². The van der Waals surface area contributed by atoms with E-state index < -0.39 is 0 Å². The van der Waals surface area contributed by atoms with Crippen molar-refractivity contribution >= 4 is 23.2 Å². The number of carbonyl (C=O) groups excluding carboxylic acids is 1. The number of nitrogen functional groups attached to an aromatic ring is 1. The van der Waals surface area contributed by atoms with Gasteiger partial charge in [0.05, 0.1) is 0 Å². The summed E-state index contributed by atoms with van der Waals surface area (Å²) in [6.45, 7) is 3.68. The monoisotopic (exact) mass is 209 g/mol. The summed E-state index contributed by atoms with van der Waals surface area (Å²) < 4.78 is 0. The summed E-state index contributed by atoms with van der Waals surface area (Å²) in [5.74, 6) is 1.10. The van der Waals surface area contributed by atoms with Gasteiger partial charge in [0, 0.05) is 16.1 Å². The minimum Gasteiger partial charge on any atom is -0.398 e. The lowest BCUT2D eigenvalue weighted by Crippen LogP contribution is -1.99. The lowest BCUT2D eigenvalue weighted by Gasteiger charge is -2.05. The highest BCUT2D eigenvalue weighted by Gasteiger charge is 2.05. The lowest BCUT2D eigenvalue weighted by atomic mass is 10.1. The van der Waals surface area contributed by atoms with E-state index in [1.165, 1.54) is 0 Å². The molecule has 3 heteroatoms. The van der Waals surface area contributed by atoms with E-state index in [1.54, 1.807) is 24.8 Å². The zero-order chi connectivity index (χ0) is 10.6. The van der Waals surface area contributed by atoms with Gasteiger partial charge in [-0.2, -0.15) is 0 Å². The fourth-order valence-electron chi connectivity index (χ4n) is 1.15. The molecule has 0 saturated heterocycles. The van der Waals surface area contributed by atoms with Crippen LogP contribution < -0.4 is 5.73 Å². The minimum absolute atomic E-state index is 0.0291. The molecule has 2 N–H and O–H groups in total. The van der Waals surface area contributed by atoms with Gasteiger partial charge in [0.25, 0.3) is 0 Å². The number of nitrogens with two attached hydrogens (primary N) is 1. The molecule has 1 aromatic rings.